The minimum Gasteiger partial charge on any atom is -1.00 e. The SMILES string of the molecule is C[N+]1(C)CCC(=C(c2ccccc2)c2ccccc2)CC1.[I-]. The van der Waals surface area contributed by atoms with Crippen LogP contribution in [-0.4, -0.2) is 31.7 Å². The molecule has 3 rings (SSSR count). The molecule has 0 radical (unpaired) electrons. The first kappa shape index (κ1) is 17.2. The van der Waals surface area contributed by atoms with E-state index in [-0.39, 0.29) is 24.0 Å². The fourth-order valence-electron chi connectivity index (χ4n) is 3.15. The van der Waals surface area contributed by atoms with Crippen LogP contribution in [0.1, 0.15) is 24.0 Å². The zero-order valence-electron chi connectivity index (χ0n) is 13.4. The average molecular weight is 405 g/mol. The van der Waals surface area contributed by atoms with E-state index in [9.17, 15) is 0 Å². The van der Waals surface area contributed by atoms with E-state index in [1.54, 1.807) is 5.57 Å². The highest BCUT2D eigenvalue weighted by molar-refractivity contribution is 5.82. The number of hydrogen-bond donors (Lipinski definition) is 0. The summed E-state index contributed by atoms with van der Waals surface area (Å²) < 4.78 is 1.14. The molecule has 1 aliphatic rings. The standard InChI is InChI=1S/C20H24N.HI/c1-21(2)15-13-19(14-16-21)20(17-9-5-3-6-10-17)18-11-7-4-8-12-18;/h3-12H,13-16H2,1-2H3;1H/q+1;/p-1. The highest BCUT2D eigenvalue weighted by Gasteiger charge is 2.24. The van der Waals surface area contributed by atoms with Gasteiger partial charge in [0.1, 0.15) is 0 Å². The van der Waals surface area contributed by atoms with Crippen LogP contribution >= 0.6 is 0 Å². The van der Waals surface area contributed by atoms with Crippen molar-refractivity contribution in [3.8, 4) is 0 Å². The maximum atomic E-state index is 2.33. The third-order valence-electron chi connectivity index (χ3n) is 4.52. The lowest BCUT2D eigenvalue weighted by Crippen LogP contribution is -3.00. The van der Waals surface area contributed by atoms with Gasteiger partial charge in [-0.05, 0) is 16.7 Å². The summed E-state index contributed by atoms with van der Waals surface area (Å²) in [4.78, 5) is 0. The molecular weight excluding hydrogens is 381 g/mol. The summed E-state index contributed by atoms with van der Waals surface area (Å²) in [5, 5.41) is 0. The molecule has 1 nitrogen and oxygen atoms in total. The van der Waals surface area contributed by atoms with Crippen LogP contribution in [0.4, 0.5) is 0 Å². The van der Waals surface area contributed by atoms with Gasteiger partial charge in [0.25, 0.3) is 0 Å². The number of quaternary nitrogens is 1. The van der Waals surface area contributed by atoms with Crippen LogP contribution < -0.4 is 24.0 Å². The predicted molar refractivity (Wildman–Crippen MR) is 90.0 cm³/mol. The second-order valence-corrected chi connectivity index (χ2v) is 6.59. The molecule has 1 saturated heterocycles. The summed E-state index contributed by atoms with van der Waals surface area (Å²) in [6, 6.07) is 21.7. The lowest BCUT2D eigenvalue weighted by Gasteiger charge is -2.35. The van der Waals surface area contributed by atoms with Gasteiger partial charge in [0.05, 0.1) is 27.2 Å². The molecule has 0 spiro atoms. The van der Waals surface area contributed by atoms with Crippen LogP contribution in [0.25, 0.3) is 5.57 Å². The van der Waals surface area contributed by atoms with Crippen molar-refractivity contribution in [1.29, 1.82) is 0 Å². The summed E-state index contributed by atoms with van der Waals surface area (Å²) in [6.45, 7) is 2.47. The molecule has 2 aromatic carbocycles. The van der Waals surface area contributed by atoms with E-state index in [4.69, 9.17) is 0 Å². The van der Waals surface area contributed by atoms with Crippen molar-refractivity contribution >= 4 is 5.57 Å². The smallest absolute Gasteiger partial charge is 0.0820 e. The highest BCUT2D eigenvalue weighted by Crippen LogP contribution is 2.33. The Kier molecular flexibility index (Phi) is 5.81. The largest absolute Gasteiger partial charge is 1.00 e. The molecule has 116 valence electrons. The number of benzene rings is 2. The van der Waals surface area contributed by atoms with Crippen molar-refractivity contribution in [2.45, 2.75) is 12.8 Å². The minimum absolute atomic E-state index is 0. The number of nitrogens with zero attached hydrogens (tertiary/aromatic N) is 1. The molecule has 1 aliphatic heterocycles. The summed E-state index contributed by atoms with van der Waals surface area (Å²) >= 11 is 0. The molecule has 0 amide bonds. The third-order valence-corrected chi connectivity index (χ3v) is 4.52. The van der Waals surface area contributed by atoms with E-state index in [2.05, 4.69) is 74.8 Å². The molecule has 0 aliphatic carbocycles. The maximum absolute atomic E-state index is 2.33. The summed E-state index contributed by atoms with van der Waals surface area (Å²) in [6.07, 6.45) is 2.40. The molecule has 0 N–H and O–H groups in total. The third kappa shape index (κ3) is 3.99. The fraction of sp³-hybridized carbons (Fsp3) is 0.300. The van der Waals surface area contributed by atoms with Gasteiger partial charge in [-0.3, -0.25) is 0 Å². The Morgan fingerprint density at radius 2 is 1.14 bits per heavy atom. The van der Waals surface area contributed by atoms with E-state index in [1.807, 2.05) is 0 Å². The molecular formula is C20H24IN. The molecule has 0 atom stereocenters. The van der Waals surface area contributed by atoms with E-state index in [0.29, 0.717) is 0 Å². The predicted octanol–water partition coefficient (Wildman–Crippen LogP) is 1.36. The van der Waals surface area contributed by atoms with Crippen molar-refractivity contribution in [3.05, 3.63) is 77.4 Å². The lowest BCUT2D eigenvalue weighted by atomic mass is 9.88. The summed E-state index contributed by atoms with van der Waals surface area (Å²) in [5.41, 5.74) is 5.78. The van der Waals surface area contributed by atoms with Crippen molar-refractivity contribution in [2.24, 2.45) is 0 Å². The Balaban J connectivity index is 0.00000176. The van der Waals surface area contributed by atoms with Gasteiger partial charge in [0.15, 0.2) is 0 Å². The monoisotopic (exact) mass is 405 g/mol. The Morgan fingerprint density at radius 3 is 1.55 bits per heavy atom. The Labute approximate surface area is 151 Å². The molecule has 0 aromatic heterocycles. The van der Waals surface area contributed by atoms with Gasteiger partial charge in [-0.25, -0.2) is 0 Å². The number of hydrogen-bond acceptors (Lipinski definition) is 0. The van der Waals surface area contributed by atoms with Crippen LogP contribution in [0.3, 0.4) is 0 Å². The molecule has 0 unspecified atom stereocenters. The van der Waals surface area contributed by atoms with Crippen molar-refractivity contribution in [2.75, 3.05) is 27.2 Å². The zero-order valence-corrected chi connectivity index (χ0v) is 15.6. The Hall–Kier alpha value is -1.13. The molecule has 0 bridgehead atoms. The molecule has 1 heterocycles. The molecule has 2 aromatic rings. The van der Waals surface area contributed by atoms with Gasteiger partial charge < -0.3 is 28.5 Å². The second-order valence-electron chi connectivity index (χ2n) is 6.59. The Bertz CT molecular complexity index is 576. The first-order chi connectivity index (χ1) is 10.2. The van der Waals surface area contributed by atoms with Crippen LogP contribution in [0.15, 0.2) is 66.2 Å². The van der Waals surface area contributed by atoms with Gasteiger partial charge in [-0.1, -0.05) is 66.2 Å². The fourth-order valence-corrected chi connectivity index (χ4v) is 3.15. The summed E-state index contributed by atoms with van der Waals surface area (Å²) in [5.74, 6) is 0. The van der Waals surface area contributed by atoms with Gasteiger partial charge in [-0.15, -0.1) is 0 Å². The second kappa shape index (κ2) is 7.42. The van der Waals surface area contributed by atoms with E-state index in [1.165, 1.54) is 42.6 Å². The number of halogens is 1. The van der Waals surface area contributed by atoms with Gasteiger partial charge in [0.2, 0.25) is 0 Å². The normalized spacial score (nSPS) is 16.7. The van der Waals surface area contributed by atoms with Crippen LogP contribution in [-0.2, 0) is 0 Å². The first-order valence-electron chi connectivity index (χ1n) is 7.81. The number of piperidine rings is 1. The number of likely N-dealkylation sites (tertiary alicyclic amines) is 1. The molecule has 2 heteroatoms. The van der Waals surface area contributed by atoms with Crippen molar-refractivity contribution in [3.63, 3.8) is 0 Å². The van der Waals surface area contributed by atoms with E-state index < -0.39 is 0 Å². The first-order valence-corrected chi connectivity index (χ1v) is 7.81. The van der Waals surface area contributed by atoms with E-state index >= 15 is 0 Å². The van der Waals surface area contributed by atoms with Crippen LogP contribution in [0, 0.1) is 0 Å². The van der Waals surface area contributed by atoms with Crippen LogP contribution in [0.2, 0.25) is 0 Å². The van der Waals surface area contributed by atoms with Crippen molar-refractivity contribution in [1.82, 2.24) is 0 Å². The Morgan fingerprint density at radius 1 is 0.727 bits per heavy atom. The number of rotatable bonds is 2. The van der Waals surface area contributed by atoms with Gasteiger partial charge in [-0.2, -0.15) is 0 Å². The van der Waals surface area contributed by atoms with Gasteiger partial charge in [0, 0.05) is 12.8 Å². The topological polar surface area (TPSA) is 0 Å². The van der Waals surface area contributed by atoms with Gasteiger partial charge >= 0.3 is 0 Å². The zero-order chi connectivity index (χ0) is 14.7. The van der Waals surface area contributed by atoms with Crippen molar-refractivity contribution < 1.29 is 28.5 Å². The average Bonchev–Trinajstić information content (AvgIpc) is 2.51. The lowest BCUT2D eigenvalue weighted by molar-refractivity contribution is -0.892. The summed E-state index contributed by atoms with van der Waals surface area (Å²) in [7, 11) is 4.67. The molecule has 22 heavy (non-hydrogen) atoms. The molecule has 1 fully saturated rings. The highest BCUT2D eigenvalue weighted by atomic mass is 127. The molecule has 0 saturated carbocycles. The minimum atomic E-state index is 0. The quantitative estimate of drug-likeness (QED) is 0.523. The van der Waals surface area contributed by atoms with Crippen LogP contribution in [0.5, 0.6) is 0 Å². The maximum Gasteiger partial charge on any atom is 0.0820 e. The van der Waals surface area contributed by atoms with E-state index in [0.717, 1.165) is 4.48 Å².